The average molecular weight is 407 g/mol. The highest BCUT2D eigenvalue weighted by Gasteiger charge is 2.32. The van der Waals surface area contributed by atoms with Gasteiger partial charge in [0, 0.05) is 29.7 Å². The van der Waals surface area contributed by atoms with Gasteiger partial charge in [0.15, 0.2) is 5.13 Å². The highest BCUT2D eigenvalue weighted by atomic mass is 35.5. The lowest BCUT2D eigenvalue weighted by Crippen LogP contribution is -2.46. The van der Waals surface area contributed by atoms with E-state index in [1.807, 2.05) is 23.6 Å². The van der Waals surface area contributed by atoms with Gasteiger partial charge >= 0.3 is 0 Å². The fourth-order valence-electron chi connectivity index (χ4n) is 3.79. The first-order valence-corrected chi connectivity index (χ1v) is 10.8. The number of anilines is 1. The van der Waals surface area contributed by atoms with Crippen LogP contribution in [0.25, 0.3) is 0 Å². The molecule has 3 rings (SSSR count). The average Bonchev–Trinajstić information content (AvgIpc) is 3.36. The molecule has 1 aromatic heterocycles. The van der Waals surface area contributed by atoms with E-state index in [1.165, 1.54) is 0 Å². The first-order chi connectivity index (χ1) is 13.2. The van der Waals surface area contributed by atoms with Crippen molar-refractivity contribution in [2.75, 3.05) is 31.1 Å². The van der Waals surface area contributed by atoms with Crippen molar-refractivity contribution in [2.45, 2.75) is 38.8 Å². The van der Waals surface area contributed by atoms with Crippen molar-refractivity contribution in [2.24, 2.45) is 0 Å². The van der Waals surface area contributed by atoms with Gasteiger partial charge < -0.3 is 10.2 Å². The summed E-state index contributed by atoms with van der Waals surface area (Å²) in [6, 6.07) is 7.83. The molecule has 1 aliphatic rings. The number of nitrogens with one attached hydrogen (secondary N) is 1. The van der Waals surface area contributed by atoms with Gasteiger partial charge in [-0.05, 0) is 37.6 Å². The maximum absolute atomic E-state index is 12.9. The predicted molar refractivity (Wildman–Crippen MR) is 113 cm³/mol. The number of thiazole rings is 1. The number of aromatic nitrogens is 1. The van der Waals surface area contributed by atoms with Crippen LogP contribution in [0.2, 0.25) is 5.02 Å². The minimum absolute atomic E-state index is 0.0624. The summed E-state index contributed by atoms with van der Waals surface area (Å²) >= 11 is 8.04. The van der Waals surface area contributed by atoms with Gasteiger partial charge in [-0.1, -0.05) is 43.6 Å². The lowest BCUT2D eigenvalue weighted by atomic mass is 10.0. The van der Waals surface area contributed by atoms with Crippen molar-refractivity contribution < 1.29 is 4.79 Å². The Hall–Kier alpha value is -1.63. The van der Waals surface area contributed by atoms with Crippen molar-refractivity contribution in [3.63, 3.8) is 0 Å². The zero-order valence-electron chi connectivity index (χ0n) is 15.9. The Kier molecular flexibility index (Phi) is 7.10. The Morgan fingerprint density at radius 1 is 1.41 bits per heavy atom. The molecular weight excluding hydrogens is 380 g/mol. The van der Waals surface area contributed by atoms with Crippen LogP contribution in [-0.2, 0) is 4.79 Å². The van der Waals surface area contributed by atoms with Crippen molar-refractivity contribution in [1.29, 1.82) is 0 Å². The molecule has 0 bridgehead atoms. The fourth-order valence-corrected chi connectivity index (χ4v) is 4.77. The summed E-state index contributed by atoms with van der Waals surface area (Å²) < 4.78 is 0. The Bertz CT molecular complexity index is 735. The Labute approximate surface area is 170 Å². The van der Waals surface area contributed by atoms with Crippen LogP contribution in [0.1, 0.15) is 38.3 Å². The van der Waals surface area contributed by atoms with Crippen LogP contribution in [0.5, 0.6) is 0 Å². The molecule has 1 saturated heterocycles. The standard InChI is InChI=1S/C20H27ClN4OS/c1-3-24(4-2)18(15-8-5-6-9-16(15)21)14-23-19(26)17-10-7-12-25(17)20-22-11-13-27-20/h5-6,8-9,11,13,17-18H,3-4,7,10,12,14H2,1-2H3,(H,23,26). The van der Waals surface area contributed by atoms with E-state index in [-0.39, 0.29) is 18.0 Å². The van der Waals surface area contributed by atoms with Gasteiger partial charge in [-0.3, -0.25) is 9.69 Å². The van der Waals surface area contributed by atoms with E-state index in [0.717, 1.165) is 48.2 Å². The lowest BCUT2D eigenvalue weighted by Gasteiger charge is -2.32. The maximum Gasteiger partial charge on any atom is 0.242 e. The number of benzene rings is 1. The summed E-state index contributed by atoms with van der Waals surface area (Å²) in [7, 11) is 0. The monoisotopic (exact) mass is 406 g/mol. The summed E-state index contributed by atoms with van der Waals surface area (Å²) in [6.45, 7) is 7.50. The number of carbonyl (C=O) groups is 1. The molecule has 5 nitrogen and oxygen atoms in total. The van der Waals surface area contributed by atoms with E-state index in [1.54, 1.807) is 17.5 Å². The third-order valence-corrected chi connectivity index (χ3v) is 6.36. The normalized spacial score (nSPS) is 18.1. The molecular formula is C20H27ClN4OS. The smallest absolute Gasteiger partial charge is 0.242 e. The lowest BCUT2D eigenvalue weighted by molar-refractivity contribution is -0.122. The van der Waals surface area contributed by atoms with Crippen LogP contribution in [-0.4, -0.2) is 48.0 Å². The molecule has 2 heterocycles. The number of halogens is 1. The van der Waals surface area contributed by atoms with Gasteiger partial charge in [0.2, 0.25) is 5.91 Å². The van der Waals surface area contributed by atoms with E-state index in [0.29, 0.717) is 6.54 Å². The number of amides is 1. The second kappa shape index (κ2) is 9.53. The van der Waals surface area contributed by atoms with E-state index in [4.69, 9.17) is 11.6 Å². The number of rotatable bonds is 8. The SMILES string of the molecule is CCN(CC)C(CNC(=O)C1CCCN1c1nccs1)c1ccccc1Cl. The van der Waals surface area contributed by atoms with Crippen LogP contribution in [0.3, 0.4) is 0 Å². The molecule has 0 spiro atoms. The van der Waals surface area contributed by atoms with Crippen molar-refractivity contribution >= 4 is 34.0 Å². The largest absolute Gasteiger partial charge is 0.352 e. The number of carbonyl (C=O) groups excluding carboxylic acids is 1. The molecule has 7 heteroatoms. The van der Waals surface area contributed by atoms with Gasteiger partial charge in [0.25, 0.3) is 0 Å². The zero-order valence-corrected chi connectivity index (χ0v) is 17.5. The molecule has 27 heavy (non-hydrogen) atoms. The zero-order chi connectivity index (χ0) is 19.2. The maximum atomic E-state index is 12.9. The summed E-state index contributed by atoms with van der Waals surface area (Å²) in [5, 5.41) is 6.82. The first kappa shape index (κ1) is 20.1. The number of hydrogen-bond acceptors (Lipinski definition) is 5. The molecule has 2 unspecified atom stereocenters. The minimum Gasteiger partial charge on any atom is -0.352 e. The van der Waals surface area contributed by atoms with E-state index in [2.05, 4.69) is 40.0 Å². The molecule has 146 valence electrons. The van der Waals surface area contributed by atoms with Gasteiger partial charge in [0.05, 0.1) is 6.04 Å². The third-order valence-electron chi connectivity index (χ3n) is 5.21. The van der Waals surface area contributed by atoms with Crippen molar-refractivity contribution in [3.05, 3.63) is 46.4 Å². The van der Waals surface area contributed by atoms with Crippen LogP contribution in [0.4, 0.5) is 5.13 Å². The summed E-state index contributed by atoms with van der Waals surface area (Å²) in [5.74, 6) is 0.0758. The molecule has 0 aliphatic carbocycles. The van der Waals surface area contributed by atoms with Crippen LogP contribution in [0.15, 0.2) is 35.8 Å². The predicted octanol–water partition coefficient (Wildman–Crippen LogP) is 3.96. The third kappa shape index (κ3) is 4.62. The second-order valence-electron chi connectivity index (χ2n) is 6.67. The number of hydrogen-bond donors (Lipinski definition) is 1. The first-order valence-electron chi connectivity index (χ1n) is 9.58. The van der Waals surface area contributed by atoms with Crippen LogP contribution >= 0.6 is 22.9 Å². The molecule has 1 N–H and O–H groups in total. The second-order valence-corrected chi connectivity index (χ2v) is 7.95. The van der Waals surface area contributed by atoms with Gasteiger partial charge in [-0.15, -0.1) is 11.3 Å². The van der Waals surface area contributed by atoms with E-state index < -0.39 is 0 Å². The molecule has 2 aromatic rings. The Morgan fingerprint density at radius 2 is 2.19 bits per heavy atom. The van der Waals surface area contributed by atoms with Crippen LogP contribution < -0.4 is 10.2 Å². The molecule has 2 atom stereocenters. The quantitative estimate of drug-likeness (QED) is 0.720. The van der Waals surface area contributed by atoms with E-state index >= 15 is 0 Å². The van der Waals surface area contributed by atoms with Gasteiger partial charge in [0.1, 0.15) is 6.04 Å². The van der Waals surface area contributed by atoms with E-state index in [9.17, 15) is 4.79 Å². The van der Waals surface area contributed by atoms with Gasteiger partial charge in [-0.2, -0.15) is 0 Å². The number of likely N-dealkylation sites (N-methyl/N-ethyl adjacent to an activating group) is 1. The summed E-state index contributed by atoms with van der Waals surface area (Å²) in [6.07, 6.45) is 3.68. The molecule has 1 aliphatic heterocycles. The molecule has 0 radical (unpaired) electrons. The Morgan fingerprint density at radius 3 is 2.85 bits per heavy atom. The Balaban J connectivity index is 1.71. The van der Waals surface area contributed by atoms with Crippen molar-refractivity contribution in [3.8, 4) is 0 Å². The summed E-state index contributed by atoms with van der Waals surface area (Å²) in [5.41, 5.74) is 1.06. The molecule has 1 fully saturated rings. The van der Waals surface area contributed by atoms with Gasteiger partial charge in [-0.25, -0.2) is 4.98 Å². The topological polar surface area (TPSA) is 48.5 Å². The minimum atomic E-state index is -0.139. The highest BCUT2D eigenvalue weighted by Crippen LogP contribution is 2.29. The highest BCUT2D eigenvalue weighted by molar-refractivity contribution is 7.13. The van der Waals surface area contributed by atoms with Crippen LogP contribution in [0, 0.1) is 0 Å². The molecule has 1 amide bonds. The fraction of sp³-hybridized carbons (Fsp3) is 0.500. The molecule has 1 aromatic carbocycles. The van der Waals surface area contributed by atoms with Crippen molar-refractivity contribution in [1.82, 2.24) is 15.2 Å². The summed E-state index contributed by atoms with van der Waals surface area (Å²) in [4.78, 5) is 21.8. The molecule has 0 saturated carbocycles. The number of nitrogens with zero attached hydrogens (tertiary/aromatic N) is 3.